The van der Waals surface area contributed by atoms with Crippen molar-refractivity contribution in [2.45, 2.75) is 26.3 Å². The van der Waals surface area contributed by atoms with Gasteiger partial charge in [-0.1, -0.05) is 18.2 Å². The number of nitrogens with one attached hydrogen (secondary N) is 3. The monoisotopic (exact) mass is 351 g/mol. The highest BCUT2D eigenvalue weighted by Gasteiger charge is 2.14. The fraction of sp³-hybridized carbons (Fsp3) is 0.286. The molecule has 0 fully saturated rings. The van der Waals surface area contributed by atoms with Crippen molar-refractivity contribution < 1.29 is 9.53 Å². The van der Waals surface area contributed by atoms with Gasteiger partial charge in [-0.05, 0) is 51.1 Å². The Morgan fingerprint density at radius 1 is 1.08 bits per heavy atom. The Hall–Kier alpha value is -2.79. The van der Waals surface area contributed by atoms with Crippen molar-refractivity contribution in [1.29, 1.82) is 0 Å². The van der Waals surface area contributed by atoms with E-state index in [9.17, 15) is 4.79 Å². The molecule has 1 amide bonds. The SMILES string of the molecule is CC(C)(C)NCCOc1ccccc1C(=O)Nc1cccc2[nH]ccc12. The Morgan fingerprint density at radius 3 is 2.69 bits per heavy atom. The van der Waals surface area contributed by atoms with E-state index in [1.807, 2.05) is 48.7 Å². The highest BCUT2D eigenvalue weighted by Crippen LogP contribution is 2.24. The molecule has 136 valence electrons. The smallest absolute Gasteiger partial charge is 0.259 e. The minimum Gasteiger partial charge on any atom is -0.491 e. The highest BCUT2D eigenvalue weighted by molar-refractivity contribution is 6.10. The number of aromatic amines is 1. The van der Waals surface area contributed by atoms with E-state index in [4.69, 9.17) is 4.74 Å². The van der Waals surface area contributed by atoms with Crippen LogP contribution in [0.25, 0.3) is 10.9 Å². The largest absolute Gasteiger partial charge is 0.491 e. The maximum absolute atomic E-state index is 12.8. The predicted molar refractivity (Wildman–Crippen MR) is 106 cm³/mol. The molecule has 0 spiro atoms. The van der Waals surface area contributed by atoms with Crippen LogP contribution in [0.3, 0.4) is 0 Å². The van der Waals surface area contributed by atoms with Crippen molar-refractivity contribution in [3.8, 4) is 5.75 Å². The molecular formula is C21H25N3O2. The second-order valence-corrected chi connectivity index (χ2v) is 7.22. The van der Waals surface area contributed by atoms with Gasteiger partial charge in [-0.2, -0.15) is 0 Å². The molecule has 1 aromatic heterocycles. The molecule has 3 rings (SSSR count). The molecule has 1 heterocycles. The van der Waals surface area contributed by atoms with E-state index in [1.165, 1.54) is 0 Å². The lowest BCUT2D eigenvalue weighted by atomic mass is 10.1. The second-order valence-electron chi connectivity index (χ2n) is 7.22. The number of aromatic nitrogens is 1. The number of benzene rings is 2. The van der Waals surface area contributed by atoms with Crippen molar-refractivity contribution in [1.82, 2.24) is 10.3 Å². The van der Waals surface area contributed by atoms with Gasteiger partial charge in [-0.3, -0.25) is 4.79 Å². The summed E-state index contributed by atoms with van der Waals surface area (Å²) in [4.78, 5) is 15.9. The summed E-state index contributed by atoms with van der Waals surface area (Å²) in [6.45, 7) is 7.53. The van der Waals surface area contributed by atoms with Gasteiger partial charge in [0.25, 0.3) is 5.91 Å². The number of carbonyl (C=O) groups is 1. The van der Waals surface area contributed by atoms with Crippen LogP contribution in [0.1, 0.15) is 31.1 Å². The fourth-order valence-electron chi connectivity index (χ4n) is 2.75. The van der Waals surface area contributed by atoms with Crippen molar-refractivity contribution in [2.75, 3.05) is 18.5 Å². The van der Waals surface area contributed by atoms with E-state index in [0.717, 1.165) is 16.6 Å². The summed E-state index contributed by atoms with van der Waals surface area (Å²) in [6, 6.07) is 15.0. The third-order valence-corrected chi connectivity index (χ3v) is 3.99. The Kier molecular flexibility index (Phi) is 5.28. The van der Waals surface area contributed by atoms with Crippen LogP contribution in [0.2, 0.25) is 0 Å². The van der Waals surface area contributed by atoms with Gasteiger partial charge < -0.3 is 20.4 Å². The van der Waals surface area contributed by atoms with E-state index in [2.05, 4.69) is 36.4 Å². The zero-order valence-corrected chi connectivity index (χ0v) is 15.4. The second kappa shape index (κ2) is 7.62. The van der Waals surface area contributed by atoms with Gasteiger partial charge >= 0.3 is 0 Å². The Morgan fingerprint density at radius 2 is 1.88 bits per heavy atom. The predicted octanol–water partition coefficient (Wildman–Crippen LogP) is 4.19. The van der Waals surface area contributed by atoms with Gasteiger partial charge in [0.2, 0.25) is 0 Å². The van der Waals surface area contributed by atoms with Gasteiger partial charge in [0.1, 0.15) is 12.4 Å². The van der Waals surface area contributed by atoms with Gasteiger partial charge in [0.05, 0.1) is 11.3 Å². The first kappa shape index (κ1) is 18.0. The number of hydrogen-bond acceptors (Lipinski definition) is 3. The summed E-state index contributed by atoms with van der Waals surface area (Å²) in [5.41, 5.74) is 2.32. The average molecular weight is 351 g/mol. The van der Waals surface area contributed by atoms with Gasteiger partial charge in [0.15, 0.2) is 0 Å². The van der Waals surface area contributed by atoms with Crippen molar-refractivity contribution in [2.24, 2.45) is 0 Å². The normalized spacial score (nSPS) is 11.5. The molecule has 0 unspecified atom stereocenters. The number of fused-ring (bicyclic) bond motifs is 1. The van der Waals surface area contributed by atoms with Crippen LogP contribution < -0.4 is 15.4 Å². The molecule has 3 N–H and O–H groups in total. The molecular weight excluding hydrogens is 326 g/mol. The molecule has 0 saturated carbocycles. The van der Waals surface area contributed by atoms with Crippen molar-refractivity contribution in [3.63, 3.8) is 0 Å². The number of amides is 1. The van der Waals surface area contributed by atoms with Crippen LogP contribution in [0.4, 0.5) is 5.69 Å². The number of hydrogen-bond donors (Lipinski definition) is 3. The average Bonchev–Trinajstić information content (AvgIpc) is 3.08. The van der Waals surface area contributed by atoms with Crippen LogP contribution in [0.5, 0.6) is 5.75 Å². The van der Waals surface area contributed by atoms with Gasteiger partial charge in [-0.15, -0.1) is 0 Å². The molecule has 5 nitrogen and oxygen atoms in total. The molecule has 0 aliphatic heterocycles. The third-order valence-electron chi connectivity index (χ3n) is 3.99. The molecule has 0 saturated heterocycles. The van der Waals surface area contributed by atoms with E-state index in [1.54, 1.807) is 6.07 Å². The standard InChI is InChI=1S/C21H25N3O2/c1-21(2,3)23-13-14-26-19-10-5-4-7-16(19)20(25)24-18-9-6-8-17-15(18)11-12-22-17/h4-12,22-23H,13-14H2,1-3H3,(H,24,25). The number of carbonyl (C=O) groups excluding carboxylic acids is 1. The summed E-state index contributed by atoms with van der Waals surface area (Å²) in [5.74, 6) is 0.403. The van der Waals surface area contributed by atoms with E-state index in [0.29, 0.717) is 24.5 Å². The lowest BCUT2D eigenvalue weighted by Gasteiger charge is -2.20. The number of anilines is 1. The number of para-hydroxylation sites is 1. The van der Waals surface area contributed by atoms with Crippen LogP contribution in [0.15, 0.2) is 54.7 Å². The fourth-order valence-corrected chi connectivity index (χ4v) is 2.75. The molecule has 2 aromatic carbocycles. The van der Waals surface area contributed by atoms with E-state index < -0.39 is 0 Å². The Labute approximate surface area is 153 Å². The maximum atomic E-state index is 12.8. The summed E-state index contributed by atoms with van der Waals surface area (Å²) >= 11 is 0. The summed E-state index contributed by atoms with van der Waals surface area (Å²) in [6.07, 6.45) is 1.86. The molecule has 0 atom stereocenters. The zero-order chi connectivity index (χ0) is 18.6. The molecule has 0 aliphatic rings. The van der Waals surface area contributed by atoms with Crippen LogP contribution in [-0.2, 0) is 0 Å². The Bertz CT molecular complexity index is 893. The molecule has 26 heavy (non-hydrogen) atoms. The number of ether oxygens (including phenoxy) is 1. The topological polar surface area (TPSA) is 66.2 Å². The van der Waals surface area contributed by atoms with Gasteiger partial charge in [0, 0.05) is 29.2 Å². The number of H-pyrrole nitrogens is 1. The Balaban J connectivity index is 1.70. The summed E-state index contributed by atoms with van der Waals surface area (Å²) < 4.78 is 5.83. The summed E-state index contributed by atoms with van der Waals surface area (Å²) in [5, 5.41) is 7.34. The zero-order valence-electron chi connectivity index (χ0n) is 15.4. The van der Waals surface area contributed by atoms with Crippen LogP contribution >= 0.6 is 0 Å². The first-order valence-electron chi connectivity index (χ1n) is 8.78. The molecule has 5 heteroatoms. The lowest BCUT2D eigenvalue weighted by molar-refractivity contribution is 0.102. The molecule has 0 radical (unpaired) electrons. The molecule has 0 bridgehead atoms. The van der Waals surface area contributed by atoms with E-state index in [-0.39, 0.29) is 11.4 Å². The van der Waals surface area contributed by atoms with Crippen LogP contribution in [0, 0.1) is 0 Å². The van der Waals surface area contributed by atoms with Crippen LogP contribution in [-0.4, -0.2) is 29.6 Å². The quantitative estimate of drug-likeness (QED) is 0.584. The lowest BCUT2D eigenvalue weighted by Crippen LogP contribution is -2.38. The first-order chi connectivity index (χ1) is 12.4. The molecule has 3 aromatic rings. The number of rotatable bonds is 6. The minimum absolute atomic E-state index is 0.0372. The first-order valence-corrected chi connectivity index (χ1v) is 8.78. The third kappa shape index (κ3) is 4.43. The highest BCUT2D eigenvalue weighted by atomic mass is 16.5. The van der Waals surface area contributed by atoms with E-state index >= 15 is 0 Å². The van der Waals surface area contributed by atoms with Crippen molar-refractivity contribution in [3.05, 3.63) is 60.3 Å². The molecule has 0 aliphatic carbocycles. The summed E-state index contributed by atoms with van der Waals surface area (Å²) in [7, 11) is 0. The van der Waals surface area contributed by atoms with Crippen molar-refractivity contribution >= 4 is 22.5 Å². The van der Waals surface area contributed by atoms with Gasteiger partial charge in [-0.25, -0.2) is 0 Å². The minimum atomic E-state index is -0.182. The maximum Gasteiger partial charge on any atom is 0.259 e.